The Labute approximate surface area is 152 Å². The van der Waals surface area contributed by atoms with Crippen LogP contribution in [0.25, 0.3) is 10.9 Å². The Bertz CT molecular complexity index is 795. The first-order valence-corrected chi connectivity index (χ1v) is 9.01. The summed E-state index contributed by atoms with van der Waals surface area (Å²) in [5.74, 6) is 0.511. The molecule has 138 valence electrons. The predicted octanol–water partition coefficient (Wildman–Crippen LogP) is 1.41. The van der Waals surface area contributed by atoms with Crippen LogP contribution in [0.2, 0.25) is 0 Å². The van der Waals surface area contributed by atoms with Crippen LogP contribution in [0.15, 0.2) is 35.5 Å². The number of benzene rings is 1. The number of imide groups is 1. The SMILES string of the molecule is CN=C(NCCc1c[nH]c2ccccc12)NCCN1C(=O)CCCC1=O. The lowest BCUT2D eigenvalue weighted by atomic mass is 10.1. The normalized spacial score (nSPS) is 15.6. The molecule has 0 atom stereocenters. The van der Waals surface area contributed by atoms with Gasteiger partial charge in [0.05, 0.1) is 0 Å². The number of guanidine groups is 1. The molecule has 0 saturated carbocycles. The number of piperidine rings is 1. The summed E-state index contributed by atoms with van der Waals surface area (Å²) in [6, 6.07) is 8.23. The Morgan fingerprint density at radius 3 is 2.65 bits per heavy atom. The Morgan fingerprint density at radius 1 is 1.15 bits per heavy atom. The van der Waals surface area contributed by atoms with Gasteiger partial charge in [0.2, 0.25) is 11.8 Å². The third kappa shape index (κ3) is 4.22. The zero-order valence-corrected chi connectivity index (χ0v) is 15.0. The monoisotopic (exact) mass is 355 g/mol. The van der Waals surface area contributed by atoms with E-state index in [4.69, 9.17) is 0 Å². The van der Waals surface area contributed by atoms with Crippen molar-refractivity contribution in [3.63, 3.8) is 0 Å². The van der Waals surface area contributed by atoms with Crippen molar-refractivity contribution in [2.45, 2.75) is 25.7 Å². The Balaban J connectivity index is 1.43. The van der Waals surface area contributed by atoms with Gasteiger partial charge in [0.25, 0.3) is 0 Å². The zero-order valence-electron chi connectivity index (χ0n) is 15.0. The lowest BCUT2D eigenvalue weighted by Crippen LogP contribution is -2.46. The second-order valence-electron chi connectivity index (χ2n) is 6.33. The van der Waals surface area contributed by atoms with E-state index in [1.54, 1.807) is 7.05 Å². The summed E-state index contributed by atoms with van der Waals surface area (Å²) < 4.78 is 0. The molecule has 0 unspecified atom stereocenters. The van der Waals surface area contributed by atoms with Gasteiger partial charge < -0.3 is 15.6 Å². The van der Waals surface area contributed by atoms with E-state index in [9.17, 15) is 9.59 Å². The van der Waals surface area contributed by atoms with Crippen molar-refractivity contribution < 1.29 is 9.59 Å². The van der Waals surface area contributed by atoms with Crippen LogP contribution in [0, 0.1) is 0 Å². The van der Waals surface area contributed by atoms with Crippen LogP contribution < -0.4 is 10.6 Å². The van der Waals surface area contributed by atoms with Crippen molar-refractivity contribution in [1.82, 2.24) is 20.5 Å². The van der Waals surface area contributed by atoms with Crippen molar-refractivity contribution in [3.8, 4) is 0 Å². The lowest BCUT2D eigenvalue weighted by molar-refractivity contribution is -0.147. The molecule has 0 spiro atoms. The van der Waals surface area contributed by atoms with Gasteiger partial charge in [-0.15, -0.1) is 0 Å². The van der Waals surface area contributed by atoms with Gasteiger partial charge in [-0.05, 0) is 24.5 Å². The molecule has 1 aromatic carbocycles. The minimum Gasteiger partial charge on any atom is -0.361 e. The number of H-pyrrole nitrogens is 1. The number of likely N-dealkylation sites (tertiary alicyclic amines) is 1. The molecule has 1 fully saturated rings. The summed E-state index contributed by atoms with van der Waals surface area (Å²) in [6.07, 6.45) is 4.50. The highest BCUT2D eigenvalue weighted by atomic mass is 16.2. The highest BCUT2D eigenvalue weighted by Crippen LogP contribution is 2.17. The Hall–Kier alpha value is -2.83. The number of fused-ring (bicyclic) bond motifs is 1. The van der Waals surface area contributed by atoms with Gasteiger partial charge in [0, 0.05) is 56.6 Å². The standard InChI is InChI=1S/C19H25N5O2/c1-20-19(22-11-12-24-17(25)7-4-8-18(24)26)21-10-9-14-13-23-16-6-3-2-5-15(14)16/h2-3,5-6,13,23H,4,7-12H2,1H3,(H2,20,21,22). The third-order valence-electron chi connectivity index (χ3n) is 4.60. The lowest BCUT2D eigenvalue weighted by Gasteiger charge is -2.25. The first-order valence-electron chi connectivity index (χ1n) is 9.01. The molecular weight excluding hydrogens is 330 g/mol. The molecule has 26 heavy (non-hydrogen) atoms. The van der Waals surface area contributed by atoms with Crippen LogP contribution in [0.1, 0.15) is 24.8 Å². The van der Waals surface area contributed by atoms with Gasteiger partial charge >= 0.3 is 0 Å². The number of aromatic amines is 1. The molecule has 3 rings (SSSR count). The highest BCUT2D eigenvalue weighted by Gasteiger charge is 2.25. The molecule has 2 aromatic rings. The number of nitrogens with zero attached hydrogens (tertiary/aromatic N) is 2. The van der Waals surface area contributed by atoms with Crippen LogP contribution in [0.3, 0.4) is 0 Å². The molecule has 2 heterocycles. The average Bonchev–Trinajstić information content (AvgIpc) is 3.06. The second kappa shape index (κ2) is 8.51. The van der Waals surface area contributed by atoms with Crippen LogP contribution in [0.4, 0.5) is 0 Å². The summed E-state index contributed by atoms with van der Waals surface area (Å²) in [5, 5.41) is 7.66. The molecule has 7 nitrogen and oxygen atoms in total. The van der Waals surface area contributed by atoms with Gasteiger partial charge in [-0.1, -0.05) is 18.2 Å². The summed E-state index contributed by atoms with van der Waals surface area (Å²) in [5.41, 5.74) is 2.40. The highest BCUT2D eigenvalue weighted by molar-refractivity contribution is 5.97. The number of hydrogen-bond donors (Lipinski definition) is 3. The topological polar surface area (TPSA) is 89.6 Å². The minimum atomic E-state index is -0.0784. The number of para-hydroxylation sites is 1. The Kier molecular flexibility index (Phi) is 5.88. The molecular formula is C19H25N5O2. The first-order chi connectivity index (χ1) is 12.7. The molecule has 0 bridgehead atoms. The number of aromatic nitrogens is 1. The van der Waals surface area contributed by atoms with Crippen molar-refractivity contribution in [2.24, 2.45) is 4.99 Å². The number of rotatable bonds is 6. The smallest absolute Gasteiger partial charge is 0.229 e. The molecule has 0 aliphatic carbocycles. The number of carbonyl (C=O) groups is 2. The fourth-order valence-electron chi connectivity index (χ4n) is 3.21. The summed E-state index contributed by atoms with van der Waals surface area (Å²) >= 11 is 0. The molecule has 1 saturated heterocycles. The number of amides is 2. The van der Waals surface area contributed by atoms with E-state index >= 15 is 0 Å². The fraction of sp³-hybridized carbons (Fsp3) is 0.421. The summed E-state index contributed by atoms with van der Waals surface area (Å²) in [7, 11) is 1.71. The van der Waals surface area contributed by atoms with Gasteiger partial charge in [-0.25, -0.2) is 0 Å². The second-order valence-corrected chi connectivity index (χ2v) is 6.33. The molecule has 0 radical (unpaired) electrons. The molecule has 7 heteroatoms. The summed E-state index contributed by atoms with van der Waals surface area (Å²) in [4.78, 5) is 32.4. The van der Waals surface area contributed by atoms with E-state index in [1.807, 2.05) is 18.3 Å². The molecule has 2 amide bonds. The summed E-state index contributed by atoms with van der Waals surface area (Å²) in [6.45, 7) is 1.61. The third-order valence-corrected chi connectivity index (χ3v) is 4.60. The van der Waals surface area contributed by atoms with Crippen LogP contribution in [-0.2, 0) is 16.0 Å². The van der Waals surface area contributed by atoms with E-state index in [2.05, 4.69) is 32.7 Å². The first kappa shape index (κ1) is 18.0. The maximum atomic E-state index is 11.8. The maximum Gasteiger partial charge on any atom is 0.229 e. The van der Waals surface area contributed by atoms with E-state index in [0.717, 1.165) is 18.5 Å². The average molecular weight is 355 g/mol. The van der Waals surface area contributed by atoms with E-state index in [0.29, 0.717) is 38.3 Å². The van der Waals surface area contributed by atoms with Crippen LogP contribution in [-0.4, -0.2) is 54.3 Å². The van der Waals surface area contributed by atoms with Crippen molar-refractivity contribution in [1.29, 1.82) is 0 Å². The van der Waals surface area contributed by atoms with Crippen molar-refractivity contribution >= 4 is 28.7 Å². The quantitative estimate of drug-likeness (QED) is 0.415. The predicted molar refractivity (Wildman–Crippen MR) is 102 cm³/mol. The van der Waals surface area contributed by atoms with Crippen molar-refractivity contribution in [3.05, 3.63) is 36.0 Å². The number of aliphatic imine (C=N–C) groups is 1. The molecule has 1 aliphatic heterocycles. The molecule has 3 N–H and O–H groups in total. The number of carbonyl (C=O) groups excluding carboxylic acids is 2. The number of hydrogen-bond acceptors (Lipinski definition) is 3. The van der Waals surface area contributed by atoms with Crippen LogP contribution >= 0.6 is 0 Å². The largest absolute Gasteiger partial charge is 0.361 e. The maximum absolute atomic E-state index is 11.8. The van der Waals surface area contributed by atoms with E-state index in [1.165, 1.54) is 15.8 Å². The molecule has 1 aliphatic rings. The van der Waals surface area contributed by atoms with Gasteiger partial charge in [0.15, 0.2) is 5.96 Å². The van der Waals surface area contributed by atoms with Gasteiger partial charge in [-0.2, -0.15) is 0 Å². The van der Waals surface area contributed by atoms with E-state index in [-0.39, 0.29) is 11.8 Å². The van der Waals surface area contributed by atoms with Gasteiger partial charge in [0.1, 0.15) is 0 Å². The molecule has 1 aromatic heterocycles. The number of nitrogens with one attached hydrogen (secondary N) is 3. The Morgan fingerprint density at radius 2 is 1.88 bits per heavy atom. The minimum absolute atomic E-state index is 0.0784. The van der Waals surface area contributed by atoms with E-state index < -0.39 is 0 Å². The van der Waals surface area contributed by atoms with Crippen molar-refractivity contribution in [2.75, 3.05) is 26.7 Å². The zero-order chi connectivity index (χ0) is 18.4. The van der Waals surface area contributed by atoms with Gasteiger partial charge in [-0.3, -0.25) is 19.5 Å². The van der Waals surface area contributed by atoms with Crippen LogP contribution in [0.5, 0.6) is 0 Å². The fourth-order valence-corrected chi connectivity index (χ4v) is 3.21.